The number of hydrogen-bond acceptors (Lipinski definition) is 1. The molecule has 0 unspecified atom stereocenters. The Bertz CT molecular complexity index is 258. The van der Waals surface area contributed by atoms with Gasteiger partial charge >= 0.3 is 0 Å². The van der Waals surface area contributed by atoms with Crippen molar-refractivity contribution in [2.24, 2.45) is 0 Å². The molecule has 0 N–H and O–H groups in total. The summed E-state index contributed by atoms with van der Waals surface area (Å²) in [7, 11) is 5.70. The van der Waals surface area contributed by atoms with Crippen molar-refractivity contribution in [3.8, 4) is 0 Å². The molecule has 1 rings (SSSR count). The molecule has 0 aliphatic heterocycles. The Kier molecular flexibility index (Phi) is 3.62. The molecule has 0 saturated carbocycles. The summed E-state index contributed by atoms with van der Waals surface area (Å²) in [6.07, 6.45) is 1.72. The third-order valence-corrected chi connectivity index (χ3v) is 1.55. The summed E-state index contributed by atoms with van der Waals surface area (Å²) in [6.45, 7) is 4.68. The zero-order valence-electron chi connectivity index (χ0n) is 6.99. The molecule has 1 nitrogen and oxygen atoms in total. The number of hydrogen-bond donors (Lipinski definition) is 0. The molecule has 1 aromatic rings. The fraction of sp³-hybridized carbons (Fsp3) is 0.200. The highest BCUT2D eigenvalue weighted by molar-refractivity contribution is 6.33. The van der Waals surface area contributed by atoms with Crippen molar-refractivity contribution in [1.82, 2.24) is 0 Å². The van der Waals surface area contributed by atoms with Gasteiger partial charge in [-0.3, -0.25) is 0 Å². The number of rotatable bonds is 4. The molecule has 0 heterocycles. The third-order valence-electron chi connectivity index (χ3n) is 1.55. The first-order valence-electron chi connectivity index (χ1n) is 3.86. The van der Waals surface area contributed by atoms with E-state index in [9.17, 15) is 0 Å². The quantitative estimate of drug-likeness (QED) is 0.363. The Morgan fingerprint density at radius 1 is 1.42 bits per heavy atom. The van der Waals surface area contributed by atoms with Gasteiger partial charge in [-0.2, -0.15) is 0 Å². The summed E-state index contributed by atoms with van der Waals surface area (Å²) < 4.78 is 5.25. The van der Waals surface area contributed by atoms with Crippen molar-refractivity contribution >= 4 is 13.3 Å². The highest BCUT2D eigenvalue weighted by atomic mass is 16.5. The molecule has 0 atom stereocenters. The lowest BCUT2D eigenvalue weighted by atomic mass is 9.91. The Labute approximate surface area is 74.5 Å². The standard InChI is InChI=1S/C10H11BO/c1-2-7-12-8-9-5-3-4-6-10(9)11/h2-6H,1,7-8H2. The first kappa shape index (κ1) is 9.08. The van der Waals surface area contributed by atoms with Gasteiger partial charge in [-0.15, -0.1) is 6.58 Å². The highest BCUT2D eigenvalue weighted by Crippen LogP contribution is 1.96. The largest absolute Gasteiger partial charge is 0.373 e. The van der Waals surface area contributed by atoms with E-state index in [0.717, 1.165) is 11.0 Å². The topological polar surface area (TPSA) is 9.23 Å². The molecule has 60 valence electrons. The van der Waals surface area contributed by atoms with Crippen LogP contribution in [0.5, 0.6) is 0 Å². The monoisotopic (exact) mass is 158 g/mol. The SMILES string of the molecule is [B]c1ccccc1COCC=C. The average molecular weight is 158 g/mol. The highest BCUT2D eigenvalue weighted by Gasteiger charge is 1.94. The Balaban J connectivity index is 2.51. The van der Waals surface area contributed by atoms with Gasteiger partial charge in [-0.1, -0.05) is 35.8 Å². The second-order valence-electron chi connectivity index (χ2n) is 2.50. The fourth-order valence-electron chi connectivity index (χ4n) is 0.918. The van der Waals surface area contributed by atoms with Crippen LogP contribution in [0.15, 0.2) is 36.9 Å². The van der Waals surface area contributed by atoms with Crippen molar-refractivity contribution < 1.29 is 4.74 Å². The summed E-state index contributed by atoms with van der Waals surface area (Å²) in [5.74, 6) is 0. The second-order valence-corrected chi connectivity index (χ2v) is 2.50. The molecule has 0 aliphatic carbocycles. The van der Waals surface area contributed by atoms with Crippen LogP contribution >= 0.6 is 0 Å². The van der Waals surface area contributed by atoms with E-state index in [2.05, 4.69) is 6.58 Å². The summed E-state index contributed by atoms with van der Waals surface area (Å²) in [5, 5.41) is 0. The van der Waals surface area contributed by atoms with Gasteiger partial charge in [0.2, 0.25) is 0 Å². The molecule has 2 heteroatoms. The van der Waals surface area contributed by atoms with Crippen LogP contribution in [0.2, 0.25) is 0 Å². The maximum Gasteiger partial charge on any atom is 0.114 e. The first-order valence-corrected chi connectivity index (χ1v) is 3.86. The van der Waals surface area contributed by atoms with E-state index in [-0.39, 0.29) is 0 Å². The Morgan fingerprint density at radius 2 is 2.17 bits per heavy atom. The minimum atomic E-state index is 0.554. The van der Waals surface area contributed by atoms with Crippen molar-refractivity contribution in [3.05, 3.63) is 42.5 Å². The minimum absolute atomic E-state index is 0.554. The van der Waals surface area contributed by atoms with Crippen molar-refractivity contribution in [3.63, 3.8) is 0 Å². The van der Waals surface area contributed by atoms with Crippen LogP contribution in [-0.2, 0) is 11.3 Å². The van der Waals surface area contributed by atoms with E-state index in [0.29, 0.717) is 13.2 Å². The normalized spacial score (nSPS) is 9.67. The number of ether oxygens (including phenoxy) is 1. The van der Waals surface area contributed by atoms with Crippen molar-refractivity contribution in [1.29, 1.82) is 0 Å². The van der Waals surface area contributed by atoms with Gasteiger partial charge in [0.05, 0.1) is 13.2 Å². The van der Waals surface area contributed by atoms with Gasteiger partial charge in [0, 0.05) is 0 Å². The summed E-state index contributed by atoms with van der Waals surface area (Å²) >= 11 is 0. The van der Waals surface area contributed by atoms with Crippen molar-refractivity contribution in [2.75, 3.05) is 6.61 Å². The summed E-state index contributed by atoms with van der Waals surface area (Å²) in [6, 6.07) is 7.68. The van der Waals surface area contributed by atoms with E-state index in [1.54, 1.807) is 6.08 Å². The zero-order chi connectivity index (χ0) is 8.81. The third kappa shape index (κ3) is 2.55. The predicted molar refractivity (Wildman–Crippen MR) is 51.7 cm³/mol. The van der Waals surface area contributed by atoms with E-state index < -0.39 is 0 Å². The predicted octanol–water partition coefficient (Wildman–Crippen LogP) is 1.18. The molecule has 12 heavy (non-hydrogen) atoms. The minimum Gasteiger partial charge on any atom is -0.373 e. The van der Waals surface area contributed by atoms with E-state index >= 15 is 0 Å². The van der Waals surface area contributed by atoms with Crippen molar-refractivity contribution in [2.45, 2.75) is 6.61 Å². The maximum atomic E-state index is 5.70. The van der Waals surface area contributed by atoms with Crippen LogP contribution in [0.1, 0.15) is 5.56 Å². The molecule has 0 amide bonds. The van der Waals surface area contributed by atoms with Crippen LogP contribution in [0.3, 0.4) is 0 Å². The van der Waals surface area contributed by atoms with Gasteiger partial charge in [0.15, 0.2) is 0 Å². The maximum absolute atomic E-state index is 5.70. The first-order chi connectivity index (χ1) is 5.84. The van der Waals surface area contributed by atoms with E-state index in [1.165, 1.54) is 0 Å². The van der Waals surface area contributed by atoms with Crippen LogP contribution in [0, 0.1) is 0 Å². The molecule has 2 radical (unpaired) electrons. The lowest BCUT2D eigenvalue weighted by molar-refractivity contribution is 0.149. The number of benzene rings is 1. The molecule has 0 saturated heterocycles. The Morgan fingerprint density at radius 3 is 2.83 bits per heavy atom. The van der Waals surface area contributed by atoms with Crippen LogP contribution in [0.25, 0.3) is 0 Å². The lowest BCUT2D eigenvalue weighted by Gasteiger charge is -2.04. The van der Waals surface area contributed by atoms with Gasteiger partial charge in [0.25, 0.3) is 0 Å². The lowest BCUT2D eigenvalue weighted by Crippen LogP contribution is -2.10. The second kappa shape index (κ2) is 4.78. The van der Waals surface area contributed by atoms with Gasteiger partial charge in [-0.25, -0.2) is 0 Å². The fourth-order valence-corrected chi connectivity index (χ4v) is 0.918. The van der Waals surface area contributed by atoms with E-state index in [4.69, 9.17) is 12.6 Å². The molecular weight excluding hydrogens is 147 g/mol. The zero-order valence-corrected chi connectivity index (χ0v) is 6.99. The molecule has 0 aliphatic rings. The van der Waals surface area contributed by atoms with Gasteiger partial charge in [-0.05, 0) is 5.56 Å². The van der Waals surface area contributed by atoms with Crippen LogP contribution in [-0.4, -0.2) is 14.5 Å². The Hall–Kier alpha value is -1.02. The van der Waals surface area contributed by atoms with Crippen LogP contribution < -0.4 is 5.46 Å². The smallest absolute Gasteiger partial charge is 0.114 e. The molecule has 1 aromatic carbocycles. The summed E-state index contributed by atoms with van der Waals surface area (Å²) in [5.41, 5.74) is 1.81. The molecule has 0 fully saturated rings. The molecule has 0 spiro atoms. The van der Waals surface area contributed by atoms with E-state index in [1.807, 2.05) is 24.3 Å². The molecular formula is C10H11BO. The van der Waals surface area contributed by atoms with Crippen LogP contribution in [0.4, 0.5) is 0 Å². The summed E-state index contributed by atoms with van der Waals surface area (Å²) in [4.78, 5) is 0. The van der Waals surface area contributed by atoms with Gasteiger partial charge < -0.3 is 4.74 Å². The average Bonchev–Trinajstić information content (AvgIpc) is 2.09. The van der Waals surface area contributed by atoms with Gasteiger partial charge in [0.1, 0.15) is 7.85 Å². The molecule has 0 bridgehead atoms. The molecule has 0 aromatic heterocycles.